The number of imide groups is 2. The van der Waals surface area contributed by atoms with E-state index in [1.807, 2.05) is 30.3 Å². The maximum Gasteiger partial charge on any atom is 0.333 e. The molecule has 0 aliphatic carbocycles. The summed E-state index contributed by atoms with van der Waals surface area (Å²) in [5, 5.41) is 0. The van der Waals surface area contributed by atoms with Crippen molar-refractivity contribution < 1.29 is 14.4 Å². The first-order valence-electron chi connectivity index (χ1n) is 5.74. The molecule has 2 rings (SSSR count). The lowest BCUT2D eigenvalue weighted by Crippen LogP contribution is -2.53. The van der Waals surface area contributed by atoms with Crippen LogP contribution >= 0.6 is 0 Å². The van der Waals surface area contributed by atoms with Crippen LogP contribution < -0.4 is 0 Å². The maximum absolute atomic E-state index is 11.8. The summed E-state index contributed by atoms with van der Waals surface area (Å²) in [6.45, 7) is 0.305. The molecule has 18 heavy (non-hydrogen) atoms. The van der Waals surface area contributed by atoms with E-state index >= 15 is 0 Å². The highest BCUT2D eigenvalue weighted by Gasteiger charge is 2.34. The van der Waals surface area contributed by atoms with Crippen LogP contribution in [0.3, 0.4) is 0 Å². The summed E-state index contributed by atoms with van der Waals surface area (Å²) < 4.78 is 0. The molecule has 0 atom stereocenters. The number of benzene rings is 1. The number of amides is 4. The first-order valence-corrected chi connectivity index (χ1v) is 5.74. The lowest BCUT2D eigenvalue weighted by Gasteiger charge is -2.30. The number of hydrogen-bond donors (Lipinski definition) is 0. The van der Waals surface area contributed by atoms with E-state index in [9.17, 15) is 14.4 Å². The molecule has 4 amide bonds. The second-order valence-corrected chi connectivity index (χ2v) is 4.19. The van der Waals surface area contributed by atoms with Crippen LogP contribution in [0.25, 0.3) is 0 Å². The summed E-state index contributed by atoms with van der Waals surface area (Å²) >= 11 is 0. The quantitative estimate of drug-likeness (QED) is 0.749. The fraction of sp³-hybridized carbons (Fsp3) is 0.308. The van der Waals surface area contributed by atoms with Gasteiger partial charge < -0.3 is 0 Å². The second kappa shape index (κ2) is 5.00. The average Bonchev–Trinajstić information content (AvgIpc) is 2.37. The molecule has 0 aromatic heterocycles. The number of nitrogens with zero attached hydrogens (tertiary/aromatic N) is 2. The zero-order valence-electron chi connectivity index (χ0n) is 10.1. The Morgan fingerprint density at radius 1 is 1.06 bits per heavy atom. The van der Waals surface area contributed by atoms with Gasteiger partial charge in [-0.1, -0.05) is 30.3 Å². The van der Waals surface area contributed by atoms with Crippen LogP contribution in [0.2, 0.25) is 0 Å². The third-order valence-electron chi connectivity index (χ3n) is 2.96. The maximum atomic E-state index is 11.8. The second-order valence-electron chi connectivity index (χ2n) is 4.19. The number of carbonyl (C=O) groups excluding carboxylic acids is 3. The van der Waals surface area contributed by atoms with Crippen molar-refractivity contribution in [3.05, 3.63) is 35.9 Å². The van der Waals surface area contributed by atoms with Gasteiger partial charge in [-0.15, -0.1) is 0 Å². The molecule has 0 radical (unpaired) electrons. The van der Waals surface area contributed by atoms with E-state index in [-0.39, 0.29) is 6.42 Å². The van der Waals surface area contributed by atoms with E-state index in [2.05, 4.69) is 0 Å². The van der Waals surface area contributed by atoms with Gasteiger partial charge in [-0.3, -0.25) is 19.4 Å². The van der Waals surface area contributed by atoms with Gasteiger partial charge in [-0.2, -0.15) is 0 Å². The van der Waals surface area contributed by atoms with Crippen LogP contribution in [0.1, 0.15) is 12.0 Å². The molecule has 0 unspecified atom stereocenters. The van der Waals surface area contributed by atoms with Crippen LogP contribution in [-0.2, 0) is 16.0 Å². The van der Waals surface area contributed by atoms with Gasteiger partial charge in [0.1, 0.15) is 6.42 Å². The summed E-state index contributed by atoms with van der Waals surface area (Å²) in [6.07, 6.45) is 0.372. The molecule has 1 aliphatic heterocycles. The van der Waals surface area contributed by atoms with Crippen molar-refractivity contribution in [2.45, 2.75) is 12.8 Å². The summed E-state index contributed by atoms with van der Waals surface area (Å²) in [4.78, 5) is 36.8. The van der Waals surface area contributed by atoms with Gasteiger partial charge in [0.25, 0.3) is 0 Å². The van der Waals surface area contributed by atoms with Crippen LogP contribution in [0.4, 0.5) is 4.79 Å². The van der Waals surface area contributed by atoms with Crippen molar-refractivity contribution in [1.82, 2.24) is 9.80 Å². The van der Waals surface area contributed by atoms with Gasteiger partial charge in [0.15, 0.2) is 0 Å². The zero-order chi connectivity index (χ0) is 13.1. The van der Waals surface area contributed by atoms with Crippen molar-refractivity contribution in [2.24, 2.45) is 0 Å². The highest BCUT2D eigenvalue weighted by molar-refractivity contribution is 6.13. The van der Waals surface area contributed by atoms with E-state index in [0.717, 1.165) is 15.4 Å². The van der Waals surface area contributed by atoms with Crippen molar-refractivity contribution in [3.63, 3.8) is 0 Å². The molecule has 94 valence electrons. The minimum atomic E-state index is -0.535. The average molecular weight is 246 g/mol. The molecule has 1 aliphatic rings. The van der Waals surface area contributed by atoms with Crippen LogP contribution in [0, 0.1) is 0 Å². The lowest BCUT2D eigenvalue weighted by molar-refractivity contribution is -0.141. The fourth-order valence-corrected chi connectivity index (χ4v) is 1.84. The Kier molecular flexibility index (Phi) is 3.41. The fourth-order valence-electron chi connectivity index (χ4n) is 1.84. The molecule has 5 nitrogen and oxygen atoms in total. The monoisotopic (exact) mass is 246 g/mol. The highest BCUT2D eigenvalue weighted by Crippen LogP contribution is 2.11. The summed E-state index contributed by atoms with van der Waals surface area (Å²) in [5.74, 6) is -0.861. The Bertz CT molecular complexity index is 484. The molecule has 0 spiro atoms. The smallest absolute Gasteiger partial charge is 0.274 e. The standard InChI is InChI=1S/C13H14N2O3/c1-14-11(16)9-12(17)15(13(14)18)8-7-10-5-3-2-4-6-10/h2-6H,7-9H2,1H3. The van der Waals surface area contributed by atoms with Gasteiger partial charge in [0, 0.05) is 13.6 Å². The summed E-state index contributed by atoms with van der Waals surface area (Å²) in [7, 11) is 1.40. The minimum Gasteiger partial charge on any atom is -0.274 e. The molecule has 1 aromatic carbocycles. The van der Waals surface area contributed by atoms with Crippen LogP contribution in [0.15, 0.2) is 30.3 Å². The molecular formula is C13H14N2O3. The van der Waals surface area contributed by atoms with Gasteiger partial charge in [0.2, 0.25) is 11.8 Å². The van der Waals surface area contributed by atoms with Gasteiger partial charge >= 0.3 is 6.03 Å². The predicted octanol–water partition coefficient (Wildman–Crippen LogP) is 1.04. The van der Waals surface area contributed by atoms with Crippen LogP contribution in [-0.4, -0.2) is 41.2 Å². The van der Waals surface area contributed by atoms with Gasteiger partial charge in [0.05, 0.1) is 0 Å². The number of carbonyl (C=O) groups is 3. The van der Waals surface area contributed by atoms with Crippen molar-refractivity contribution >= 4 is 17.8 Å². The van der Waals surface area contributed by atoms with Crippen molar-refractivity contribution in [2.75, 3.05) is 13.6 Å². The third-order valence-corrected chi connectivity index (χ3v) is 2.96. The number of rotatable bonds is 3. The number of barbiturate groups is 1. The summed E-state index contributed by atoms with van der Waals surface area (Å²) in [6, 6.07) is 9.07. The largest absolute Gasteiger partial charge is 0.333 e. The molecule has 0 bridgehead atoms. The molecule has 1 saturated heterocycles. The number of hydrogen-bond acceptors (Lipinski definition) is 3. The third kappa shape index (κ3) is 2.40. The molecule has 0 N–H and O–H groups in total. The van der Waals surface area contributed by atoms with Crippen molar-refractivity contribution in [1.29, 1.82) is 0 Å². The minimum absolute atomic E-state index is 0.225. The predicted molar refractivity (Wildman–Crippen MR) is 64.6 cm³/mol. The number of urea groups is 1. The molecule has 1 aromatic rings. The SMILES string of the molecule is CN1C(=O)CC(=O)N(CCc2ccccc2)C1=O. The topological polar surface area (TPSA) is 57.7 Å². The molecule has 5 heteroatoms. The highest BCUT2D eigenvalue weighted by atomic mass is 16.2. The van der Waals surface area contributed by atoms with E-state index in [1.165, 1.54) is 7.05 Å². The van der Waals surface area contributed by atoms with Crippen LogP contribution in [0.5, 0.6) is 0 Å². The Morgan fingerprint density at radius 3 is 2.39 bits per heavy atom. The van der Waals surface area contributed by atoms with E-state index in [0.29, 0.717) is 13.0 Å². The van der Waals surface area contributed by atoms with Gasteiger partial charge in [-0.05, 0) is 12.0 Å². The summed E-state index contributed by atoms with van der Waals surface area (Å²) in [5.41, 5.74) is 1.05. The Labute approximate surface area is 105 Å². The first-order chi connectivity index (χ1) is 8.59. The molecule has 1 fully saturated rings. The first kappa shape index (κ1) is 12.3. The zero-order valence-corrected chi connectivity index (χ0v) is 10.1. The Morgan fingerprint density at radius 2 is 1.72 bits per heavy atom. The van der Waals surface area contributed by atoms with Crippen molar-refractivity contribution in [3.8, 4) is 0 Å². The van der Waals surface area contributed by atoms with Gasteiger partial charge in [-0.25, -0.2) is 4.79 Å². The molecule has 0 saturated carbocycles. The Hall–Kier alpha value is -2.17. The molecule has 1 heterocycles. The molecular weight excluding hydrogens is 232 g/mol. The van der Waals surface area contributed by atoms with E-state index in [1.54, 1.807) is 0 Å². The normalized spacial score (nSPS) is 16.4. The Balaban J connectivity index is 2.02. The van der Waals surface area contributed by atoms with E-state index < -0.39 is 17.8 Å². The van der Waals surface area contributed by atoms with E-state index in [4.69, 9.17) is 0 Å². The lowest BCUT2D eigenvalue weighted by atomic mass is 10.1.